The first-order chi connectivity index (χ1) is 13.1. The molecule has 1 aliphatic carbocycles. The zero-order valence-electron chi connectivity index (χ0n) is 15.7. The van der Waals surface area contributed by atoms with Gasteiger partial charge in [0.1, 0.15) is 5.00 Å². The van der Waals surface area contributed by atoms with Crippen molar-refractivity contribution in [2.45, 2.75) is 46.1 Å². The average molecular weight is 381 g/mol. The van der Waals surface area contributed by atoms with Gasteiger partial charge in [0.25, 0.3) is 5.91 Å². The summed E-state index contributed by atoms with van der Waals surface area (Å²) in [7, 11) is 0. The van der Waals surface area contributed by atoms with Crippen molar-refractivity contribution in [3.8, 4) is 5.00 Å². The number of aliphatic hydroxyl groups excluding tert-OH is 1. The Kier molecular flexibility index (Phi) is 4.89. The minimum Gasteiger partial charge on any atom is -0.392 e. The fourth-order valence-electron chi connectivity index (χ4n) is 3.96. The smallest absolute Gasteiger partial charge is 0.258 e. The number of hydrogen-bond acceptors (Lipinski definition) is 3. The summed E-state index contributed by atoms with van der Waals surface area (Å²) in [5.74, 6) is -0.0475. The van der Waals surface area contributed by atoms with E-state index in [4.69, 9.17) is 0 Å². The van der Waals surface area contributed by atoms with E-state index in [9.17, 15) is 9.90 Å². The average Bonchev–Trinajstić information content (AvgIpc) is 3.18. The van der Waals surface area contributed by atoms with Gasteiger partial charge in [-0.25, -0.2) is 0 Å². The normalized spacial score (nSPS) is 13.4. The molecule has 1 aliphatic rings. The lowest BCUT2D eigenvalue weighted by Crippen LogP contribution is -2.17. The second-order valence-corrected chi connectivity index (χ2v) is 8.18. The number of aryl methyl sites for hydroxylation is 2. The highest BCUT2D eigenvalue weighted by Crippen LogP contribution is 2.39. The summed E-state index contributed by atoms with van der Waals surface area (Å²) in [6, 6.07) is 11.6. The van der Waals surface area contributed by atoms with Gasteiger partial charge < -0.3 is 15.0 Å². The van der Waals surface area contributed by atoms with E-state index >= 15 is 0 Å². The number of nitrogens with one attached hydrogen (secondary N) is 1. The summed E-state index contributed by atoms with van der Waals surface area (Å²) >= 11 is 1.73. The molecule has 2 aromatic heterocycles. The van der Waals surface area contributed by atoms with Crippen LogP contribution < -0.4 is 5.32 Å². The first-order valence-corrected chi connectivity index (χ1v) is 10.2. The van der Waals surface area contributed by atoms with Gasteiger partial charge in [-0.3, -0.25) is 4.79 Å². The first kappa shape index (κ1) is 18.0. The number of hydrogen-bond donors (Lipinski definition) is 2. The Hall–Kier alpha value is -2.37. The van der Waals surface area contributed by atoms with Crippen LogP contribution in [0.3, 0.4) is 0 Å². The number of aliphatic hydroxyl groups is 1. The van der Waals surface area contributed by atoms with Gasteiger partial charge in [0.15, 0.2) is 0 Å². The second-order valence-electron chi connectivity index (χ2n) is 7.10. The van der Waals surface area contributed by atoms with E-state index in [0.29, 0.717) is 0 Å². The molecule has 3 aromatic rings. The highest BCUT2D eigenvalue weighted by Gasteiger charge is 2.28. The van der Waals surface area contributed by atoms with Crippen molar-refractivity contribution in [2.24, 2.45) is 0 Å². The van der Waals surface area contributed by atoms with E-state index in [0.717, 1.165) is 52.5 Å². The van der Waals surface area contributed by atoms with Crippen molar-refractivity contribution in [3.05, 3.63) is 69.4 Å². The molecule has 0 bridgehead atoms. The second kappa shape index (κ2) is 7.33. The summed E-state index contributed by atoms with van der Waals surface area (Å²) in [5, 5.41) is 13.7. The molecule has 0 radical (unpaired) electrons. The zero-order valence-corrected chi connectivity index (χ0v) is 16.5. The SMILES string of the molecule is Cc1cc(CO)c(C)n1-c1sc2c(c1C(=O)Nc1ccccc1)CCCC2. The van der Waals surface area contributed by atoms with Crippen LogP contribution in [0.4, 0.5) is 5.69 Å². The van der Waals surface area contributed by atoms with Gasteiger partial charge in [-0.05, 0) is 68.9 Å². The summed E-state index contributed by atoms with van der Waals surface area (Å²) in [6.45, 7) is 4.05. The minimum absolute atomic E-state index is 0.0102. The van der Waals surface area contributed by atoms with Crippen LogP contribution in [0.15, 0.2) is 36.4 Å². The summed E-state index contributed by atoms with van der Waals surface area (Å²) in [6.07, 6.45) is 4.30. The van der Waals surface area contributed by atoms with Crippen LogP contribution in [0.5, 0.6) is 0 Å². The molecule has 0 fully saturated rings. The molecular weight excluding hydrogens is 356 g/mol. The van der Waals surface area contributed by atoms with Gasteiger partial charge in [-0.2, -0.15) is 0 Å². The maximum atomic E-state index is 13.3. The van der Waals surface area contributed by atoms with Gasteiger partial charge in [0, 0.05) is 22.0 Å². The van der Waals surface area contributed by atoms with E-state index in [1.165, 1.54) is 16.9 Å². The third-order valence-corrected chi connectivity index (χ3v) is 6.60. The van der Waals surface area contributed by atoms with Gasteiger partial charge in [-0.15, -0.1) is 11.3 Å². The topological polar surface area (TPSA) is 54.3 Å². The number of carbonyl (C=O) groups excluding carboxylic acids is 1. The fraction of sp³-hybridized carbons (Fsp3) is 0.318. The van der Waals surface area contributed by atoms with Gasteiger partial charge >= 0.3 is 0 Å². The summed E-state index contributed by atoms with van der Waals surface area (Å²) in [5.41, 5.74) is 5.76. The van der Waals surface area contributed by atoms with E-state index < -0.39 is 0 Å². The minimum atomic E-state index is -0.0475. The lowest BCUT2D eigenvalue weighted by atomic mass is 9.95. The number of benzene rings is 1. The molecular formula is C22H24N2O2S. The van der Waals surface area contributed by atoms with Crippen molar-refractivity contribution in [1.82, 2.24) is 4.57 Å². The molecule has 0 atom stereocenters. The van der Waals surface area contributed by atoms with Crippen molar-refractivity contribution < 1.29 is 9.90 Å². The third-order valence-electron chi connectivity index (χ3n) is 5.32. The summed E-state index contributed by atoms with van der Waals surface area (Å²) in [4.78, 5) is 14.6. The molecule has 27 heavy (non-hydrogen) atoms. The zero-order chi connectivity index (χ0) is 19.0. The van der Waals surface area contributed by atoms with E-state index in [-0.39, 0.29) is 12.5 Å². The van der Waals surface area contributed by atoms with Crippen LogP contribution in [-0.4, -0.2) is 15.6 Å². The number of carbonyl (C=O) groups is 1. The van der Waals surface area contributed by atoms with Crippen molar-refractivity contribution in [2.75, 3.05) is 5.32 Å². The molecule has 0 unspecified atom stereocenters. The lowest BCUT2D eigenvalue weighted by molar-refractivity contribution is 0.102. The Morgan fingerprint density at radius 3 is 2.63 bits per heavy atom. The molecule has 1 aromatic carbocycles. The van der Waals surface area contributed by atoms with Crippen molar-refractivity contribution in [3.63, 3.8) is 0 Å². The molecule has 0 saturated carbocycles. The van der Waals surface area contributed by atoms with Crippen LogP contribution in [0.1, 0.15) is 50.6 Å². The first-order valence-electron chi connectivity index (χ1n) is 9.40. The van der Waals surface area contributed by atoms with Crippen LogP contribution in [0.2, 0.25) is 0 Å². The van der Waals surface area contributed by atoms with E-state index in [1.807, 2.05) is 50.2 Å². The Bertz CT molecular complexity index is 986. The molecule has 4 rings (SSSR count). The number of para-hydroxylation sites is 1. The quantitative estimate of drug-likeness (QED) is 0.684. The highest BCUT2D eigenvalue weighted by molar-refractivity contribution is 7.15. The molecule has 140 valence electrons. The Morgan fingerprint density at radius 2 is 1.93 bits per heavy atom. The number of rotatable bonds is 4. The number of anilines is 1. The van der Waals surface area contributed by atoms with E-state index in [1.54, 1.807) is 11.3 Å². The predicted octanol–water partition coefficient (Wildman–Crippen LogP) is 4.78. The largest absolute Gasteiger partial charge is 0.392 e. The maximum absolute atomic E-state index is 13.3. The highest BCUT2D eigenvalue weighted by atomic mass is 32.1. The van der Waals surface area contributed by atoms with Gasteiger partial charge in [0.2, 0.25) is 0 Å². The number of fused-ring (bicyclic) bond motifs is 1. The molecule has 0 aliphatic heterocycles. The Balaban J connectivity index is 1.84. The number of amides is 1. The molecule has 2 heterocycles. The lowest BCUT2D eigenvalue weighted by Gasteiger charge is -2.14. The molecule has 5 heteroatoms. The van der Waals surface area contributed by atoms with Gasteiger partial charge in [-0.1, -0.05) is 18.2 Å². The van der Waals surface area contributed by atoms with Crippen LogP contribution in [0, 0.1) is 13.8 Å². The van der Waals surface area contributed by atoms with E-state index in [2.05, 4.69) is 9.88 Å². The standard InChI is InChI=1S/C22H24N2O2S/c1-14-12-16(13-25)15(2)24(14)22-20(18-10-6-7-11-19(18)27-22)21(26)23-17-8-4-3-5-9-17/h3-5,8-9,12,25H,6-7,10-11,13H2,1-2H3,(H,23,26). The maximum Gasteiger partial charge on any atom is 0.258 e. The molecule has 1 amide bonds. The Morgan fingerprint density at radius 1 is 1.19 bits per heavy atom. The molecule has 0 saturated heterocycles. The Labute approximate surface area is 163 Å². The monoisotopic (exact) mass is 380 g/mol. The summed E-state index contributed by atoms with van der Waals surface area (Å²) < 4.78 is 2.13. The number of nitrogens with zero attached hydrogens (tertiary/aromatic N) is 1. The molecule has 2 N–H and O–H groups in total. The van der Waals surface area contributed by atoms with Crippen LogP contribution in [-0.2, 0) is 19.4 Å². The predicted molar refractivity (Wildman–Crippen MR) is 110 cm³/mol. The van der Waals surface area contributed by atoms with Crippen LogP contribution >= 0.6 is 11.3 Å². The molecule has 0 spiro atoms. The molecule has 4 nitrogen and oxygen atoms in total. The van der Waals surface area contributed by atoms with Crippen molar-refractivity contribution in [1.29, 1.82) is 0 Å². The third kappa shape index (κ3) is 3.22. The van der Waals surface area contributed by atoms with Crippen LogP contribution in [0.25, 0.3) is 5.00 Å². The number of thiophene rings is 1. The van der Waals surface area contributed by atoms with Crippen molar-refractivity contribution >= 4 is 22.9 Å². The van der Waals surface area contributed by atoms with Gasteiger partial charge in [0.05, 0.1) is 12.2 Å². The fourth-order valence-corrected chi connectivity index (χ4v) is 5.46. The number of aromatic nitrogens is 1.